The van der Waals surface area contributed by atoms with Crippen molar-refractivity contribution in [1.82, 2.24) is 15.5 Å². The van der Waals surface area contributed by atoms with Crippen LogP contribution in [0.25, 0.3) is 0 Å². The summed E-state index contributed by atoms with van der Waals surface area (Å²) >= 11 is 0. The van der Waals surface area contributed by atoms with Crippen molar-refractivity contribution >= 4 is 5.96 Å². The summed E-state index contributed by atoms with van der Waals surface area (Å²) in [6.07, 6.45) is 0.569. The van der Waals surface area contributed by atoms with Crippen LogP contribution >= 0.6 is 0 Å². The molecule has 1 heterocycles. The van der Waals surface area contributed by atoms with Gasteiger partial charge in [0.2, 0.25) is 0 Å². The normalized spacial score (nSPS) is 21.7. The lowest BCUT2D eigenvalue weighted by Gasteiger charge is -2.35. The fourth-order valence-corrected chi connectivity index (χ4v) is 4.09. The summed E-state index contributed by atoms with van der Waals surface area (Å²) in [7, 11) is 0. The summed E-state index contributed by atoms with van der Waals surface area (Å²) in [5.41, 5.74) is 2.36. The Morgan fingerprint density at radius 3 is 2.28 bits per heavy atom. The molecule has 3 N–H and O–H groups in total. The largest absolute Gasteiger partial charge is 0.384 e. The van der Waals surface area contributed by atoms with Gasteiger partial charge in [0.15, 0.2) is 5.96 Å². The summed E-state index contributed by atoms with van der Waals surface area (Å²) in [6.45, 7) is 12.7. The molecule has 0 aliphatic carbocycles. The van der Waals surface area contributed by atoms with Gasteiger partial charge in [-0.05, 0) is 44.4 Å². The molecule has 1 fully saturated rings. The van der Waals surface area contributed by atoms with Gasteiger partial charge in [-0.25, -0.2) is 4.99 Å². The van der Waals surface area contributed by atoms with Crippen LogP contribution in [0.15, 0.2) is 59.6 Å². The Hall–Kier alpha value is -2.41. The number of hydrogen-bond donors (Lipinski definition) is 3. The van der Waals surface area contributed by atoms with E-state index in [1.165, 1.54) is 5.56 Å². The molecule has 6 heteroatoms. The molecule has 0 spiro atoms. The van der Waals surface area contributed by atoms with Crippen LogP contribution in [0.5, 0.6) is 0 Å². The summed E-state index contributed by atoms with van der Waals surface area (Å²) < 4.78 is 5.83. The molecule has 3 unspecified atom stereocenters. The van der Waals surface area contributed by atoms with Gasteiger partial charge in [0.05, 0.1) is 25.3 Å². The van der Waals surface area contributed by atoms with Gasteiger partial charge in [-0.2, -0.15) is 0 Å². The van der Waals surface area contributed by atoms with Crippen molar-refractivity contribution in [2.45, 2.75) is 58.6 Å². The highest BCUT2D eigenvalue weighted by atomic mass is 16.5. The number of guanidine groups is 1. The number of rotatable bonds is 8. The van der Waals surface area contributed by atoms with E-state index < -0.39 is 5.60 Å². The lowest BCUT2D eigenvalue weighted by atomic mass is 9.96. The predicted molar refractivity (Wildman–Crippen MR) is 131 cm³/mol. The molecule has 174 valence electrons. The number of aliphatic hydroxyl groups is 1. The first-order chi connectivity index (χ1) is 15.4. The van der Waals surface area contributed by atoms with Gasteiger partial charge < -0.3 is 20.5 Å². The maximum absolute atomic E-state index is 10.8. The lowest BCUT2D eigenvalue weighted by Crippen LogP contribution is -2.44. The van der Waals surface area contributed by atoms with Crippen LogP contribution in [0.2, 0.25) is 0 Å². The SMILES string of the molecule is CCNC(=NCc1ccc(CN2CC(C)OC(C)C2)cc1)NCC(C)(O)c1ccccc1. The number of ether oxygens (including phenoxy) is 1. The van der Waals surface area contributed by atoms with Crippen LogP contribution < -0.4 is 10.6 Å². The monoisotopic (exact) mass is 438 g/mol. The standard InChI is InChI=1S/C26H38N4O2/c1-5-27-25(29-19-26(4,31)24-9-7-6-8-10-24)28-15-22-11-13-23(14-12-22)18-30-16-20(2)32-21(3)17-30/h6-14,20-21,31H,5,15-19H2,1-4H3,(H2,27,28,29). The summed E-state index contributed by atoms with van der Waals surface area (Å²) in [4.78, 5) is 7.16. The first kappa shape index (κ1) is 24.2. The number of nitrogens with zero attached hydrogens (tertiary/aromatic N) is 2. The Morgan fingerprint density at radius 1 is 1.03 bits per heavy atom. The van der Waals surface area contributed by atoms with Gasteiger partial charge >= 0.3 is 0 Å². The zero-order chi connectivity index (χ0) is 23.0. The highest BCUT2D eigenvalue weighted by Crippen LogP contribution is 2.19. The van der Waals surface area contributed by atoms with Crippen LogP contribution in [0.1, 0.15) is 44.4 Å². The van der Waals surface area contributed by atoms with Gasteiger partial charge in [0.25, 0.3) is 0 Å². The quantitative estimate of drug-likeness (QED) is 0.436. The van der Waals surface area contributed by atoms with Gasteiger partial charge in [-0.3, -0.25) is 4.90 Å². The molecule has 0 aromatic heterocycles. The number of nitrogens with one attached hydrogen (secondary N) is 2. The van der Waals surface area contributed by atoms with E-state index in [2.05, 4.69) is 53.6 Å². The second-order valence-corrected chi connectivity index (χ2v) is 8.96. The van der Waals surface area contributed by atoms with E-state index in [1.807, 2.05) is 44.2 Å². The fraction of sp³-hybridized carbons (Fsp3) is 0.500. The van der Waals surface area contributed by atoms with Crippen LogP contribution in [0.4, 0.5) is 0 Å². The van der Waals surface area contributed by atoms with Crippen molar-refractivity contribution in [3.8, 4) is 0 Å². The van der Waals surface area contributed by atoms with E-state index in [1.54, 1.807) is 0 Å². The molecule has 2 aromatic carbocycles. The Bertz CT molecular complexity index is 842. The van der Waals surface area contributed by atoms with Crippen molar-refractivity contribution < 1.29 is 9.84 Å². The molecule has 2 aromatic rings. The third kappa shape index (κ3) is 7.33. The van der Waals surface area contributed by atoms with Crippen molar-refractivity contribution in [2.24, 2.45) is 4.99 Å². The van der Waals surface area contributed by atoms with E-state index in [-0.39, 0.29) is 12.2 Å². The zero-order valence-electron chi connectivity index (χ0n) is 19.8. The molecule has 6 nitrogen and oxygen atoms in total. The second kappa shape index (κ2) is 11.5. The zero-order valence-corrected chi connectivity index (χ0v) is 19.8. The van der Waals surface area contributed by atoms with E-state index in [0.29, 0.717) is 19.0 Å². The minimum absolute atomic E-state index is 0.284. The number of benzene rings is 2. The molecule has 3 rings (SSSR count). The number of morpholine rings is 1. The highest BCUT2D eigenvalue weighted by Gasteiger charge is 2.23. The van der Waals surface area contributed by atoms with E-state index in [9.17, 15) is 5.11 Å². The van der Waals surface area contributed by atoms with Crippen molar-refractivity contribution in [2.75, 3.05) is 26.2 Å². The van der Waals surface area contributed by atoms with Crippen LogP contribution in [-0.4, -0.2) is 54.4 Å². The Morgan fingerprint density at radius 2 is 1.66 bits per heavy atom. The fourth-order valence-electron chi connectivity index (χ4n) is 4.09. The Kier molecular flexibility index (Phi) is 8.67. The average molecular weight is 439 g/mol. The average Bonchev–Trinajstić information content (AvgIpc) is 2.76. The molecular formula is C26H38N4O2. The van der Waals surface area contributed by atoms with Gasteiger partial charge in [0.1, 0.15) is 5.60 Å². The molecule has 3 atom stereocenters. The maximum Gasteiger partial charge on any atom is 0.191 e. The maximum atomic E-state index is 10.8. The number of aliphatic imine (C=N–C) groups is 1. The molecule has 0 saturated carbocycles. The van der Waals surface area contributed by atoms with Crippen LogP contribution in [-0.2, 0) is 23.4 Å². The van der Waals surface area contributed by atoms with Crippen LogP contribution in [0.3, 0.4) is 0 Å². The third-order valence-corrected chi connectivity index (χ3v) is 5.68. The van der Waals surface area contributed by atoms with Gasteiger partial charge in [0, 0.05) is 26.2 Å². The topological polar surface area (TPSA) is 69.1 Å². The number of hydrogen-bond acceptors (Lipinski definition) is 4. The molecule has 1 aliphatic rings. The smallest absolute Gasteiger partial charge is 0.191 e. The summed E-state index contributed by atoms with van der Waals surface area (Å²) in [5.74, 6) is 0.698. The molecule has 1 saturated heterocycles. The summed E-state index contributed by atoms with van der Waals surface area (Å²) in [5, 5.41) is 17.4. The first-order valence-corrected chi connectivity index (χ1v) is 11.6. The minimum atomic E-state index is -0.979. The molecule has 1 aliphatic heterocycles. The summed E-state index contributed by atoms with van der Waals surface area (Å²) in [6, 6.07) is 18.4. The van der Waals surface area contributed by atoms with E-state index in [4.69, 9.17) is 9.73 Å². The third-order valence-electron chi connectivity index (χ3n) is 5.68. The molecule has 0 bridgehead atoms. The lowest BCUT2D eigenvalue weighted by molar-refractivity contribution is -0.0704. The van der Waals surface area contributed by atoms with Crippen molar-refractivity contribution in [1.29, 1.82) is 0 Å². The first-order valence-electron chi connectivity index (χ1n) is 11.6. The highest BCUT2D eigenvalue weighted by molar-refractivity contribution is 5.79. The van der Waals surface area contributed by atoms with Crippen molar-refractivity contribution in [3.63, 3.8) is 0 Å². The van der Waals surface area contributed by atoms with Gasteiger partial charge in [-0.1, -0.05) is 54.6 Å². The Labute approximate surface area is 192 Å². The second-order valence-electron chi connectivity index (χ2n) is 8.96. The Balaban J connectivity index is 1.55. The van der Waals surface area contributed by atoms with E-state index >= 15 is 0 Å². The van der Waals surface area contributed by atoms with Gasteiger partial charge in [-0.15, -0.1) is 0 Å². The molecular weight excluding hydrogens is 400 g/mol. The molecule has 0 amide bonds. The van der Waals surface area contributed by atoms with E-state index in [0.717, 1.165) is 37.3 Å². The molecule has 0 radical (unpaired) electrons. The predicted octanol–water partition coefficient (Wildman–Crippen LogP) is 3.26. The van der Waals surface area contributed by atoms with Crippen LogP contribution in [0, 0.1) is 0 Å². The molecule has 32 heavy (non-hydrogen) atoms. The minimum Gasteiger partial charge on any atom is -0.384 e. The van der Waals surface area contributed by atoms with Crippen molar-refractivity contribution in [3.05, 3.63) is 71.3 Å².